The van der Waals surface area contributed by atoms with E-state index in [0.717, 1.165) is 0 Å². The molecule has 0 radical (unpaired) electrons. The van der Waals surface area contributed by atoms with Gasteiger partial charge in [-0.25, -0.2) is 0 Å². The zero-order valence-corrected chi connectivity index (χ0v) is 8.28. The fourth-order valence-electron chi connectivity index (χ4n) is 1.22. The first-order valence-corrected chi connectivity index (χ1v) is 4.36. The molecule has 0 bridgehead atoms. The lowest BCUT2D eigenvalue weighted by Crippen LogP contribution is -2.05. The molecule has 0 aromatic rings. The van der Waals surface area contributed by atoms with Crippen LogP contribution in [-0.4, -0.2) is 35.7 Å². The highest BCUT2D eigenvalue weighted by Gasteiger charge is 2.28. The van der Waals surface area contributed by atoms with Crippen molar-refractivity contribution in [1.82, 2.24) is 4.90 Å². The van der Waals surface area contributed by atoms with Gasteiger partial charge in [-0.3, -0.25) is 9.59 Å². The van der Waals surface area contributed by atoms with Gasteiger partial charge < -0.3 is 10.0 Å². The number of ketones is 2. The van der Waals surface area contributed by atoms with Crippen molar-refractivity contribution in [2.75, 3.05) is 14.1 Å². The Bertz CT molecular complexity index is 308. The van der Waals surface area contributed by atoms with Gasteiger partial charge in [0.2, 0.25) is 0 Å². The van der Waals surface area contributed by atoms with Crippen LogP contribution in [0, 0.1) is 0 Å². The summed E-state index contributed by atoms with van der Waals surface area (Å²) >= 11 is 0. The SMILES string of the molecule is CN(C)/C=C/C(O)=C1C(=O)CCC1=O. The Morgan fingerprint density at radius 3 is 2.21 bits per heavy atom. The maximum atomic E-state index is 11.2. The van der Waals surface area contributed by atoms with E-state index in [9.17, 15) is 14.7 Å². The van der Waals surface area contributed by atoms with Crippen LogP contribution in [0.25, 0.3) is 0 Å². The Morgan fingerprint density at radius 1 is 1.29 bits per heavy atom. The molecule has 1 aliphatic rings. The van der Waals surface area contributed by atoms with E-state index in [1.54, 1.807) is 25.2 Å². The smallest absolute Gasteiger partial charge is 0.170 e. The van der Waals surface area contributed by atoms with Crippen molar-refractivity contribution in [3.8, 4) is 0 Å². The van der Waals surface area contributed by atoms with Crippen LogP contribution in [0.15, 0.2) is 23.6 Å². The molecule has 1 rings (SSSR count). The predicted molar refractivity (Wildman–Crippen MR) is 51.7 cm³/mol. The Morgan fingerprint density at radius 2 is 1.79 bits per heavy atom. The summed E-state index contributed by atoms with van der Waals surface area (Å²) in [5.74, 6) is -0.766. The third-order valence-electron chi connectivity index (χ3n) is 1.92. The van der Waals surface area contributed by atoms with Crippen LogP contribution in [0.4, 0.5) is 0 Å². The van der Waals surface area contributed by atoms with Crippen LogP contribution < -0.4 is 0 Å². The lowest BCUT2D eigenvalue weighted by atomic mass is 10.1. The Balaban J connectivity index is 2.92. The van der Waals surface area contributed by atoms with Gasteiger partial charge in [0.25, 0.3) is 0 Å². The number of hydrogen-bond donors (Lipinski definition) is 1. The van der Waals surface area contributed by atoms with Gasteiger partial charge in [0, 0.05) is 33.1 Å². The molecule has 0 heterocycles. The largest absolute Gasteiger partial charge is 0.507 e. The quantitative estimate of drug-likeness (QED) is 0.402. The molecule has 0 unspecified atom stereocenters. The molecular weight excluding hydrogens is 182 g/mol. The number of aliphatic hydroxyl groups is 1. The topological polar surface area (TPSA) is 57.6 Å². The van der Waals surface area contributed by atoms with E-state index in [4.69, 9.17) is 0 Å². The average Bonchev–Trinajstić information content (AvgIpc) is 2.42. The van der Waals surface area contributed by atoms with Crippen LogP contribution in [-0.2, 0) is 9.59 Å². The fraction of sp³-hybridized carbons (Fsp3) is 0.400. The van der Waals surface area contributed by atoms with Gasteiger partial charge in [-0.1, -0.05) is 0 Å². The first kappa shape index (κ1) is 10.5. The Hall–Kier alpha value is -1.58. The van der Waals surface area contributed by atoms with E-state index in [2.05, 4.69) is 0 Å². The molecule has 1 aliphatic carbocycles. The summed E-state index contributed by atoms with van der Waals surface area (Å²) in [6.45, 7) is 0. The highest BCUT2D eigenvalue weighted by atomic mass is 16.3. The fourth-order valence-corrected chi connectivity index (χ4v) is 1.22. The van der Waals surface area contributed by atoms with E-state index >= 15 is 0 Å². The number of Topliss-reactive ketones (excluding diaryl/α,β-unsaturated/α-hetero) is 2. The minimum Gasteiger partial charge on any atom is -0.507 e. The van der Waals surface area contributed by atoms with Gasteiger partial charge in [0.1, 0.15) is 11.3 Å². The first-order valence-electron chi connectivity index (χ1n) is 4.36. The number of rotatable bonds is 2. The lowest BCUT2D eigenvalue weighted by molar-refractivity contribution is -0.116. The molecule has 0 aromatic carbocycles. The molecule has 0 aliphatic heterocycles. The molecule has 1 saturated carbocycles. The second-order valence-electron chi connectivity index (χ2n) is 3.39. The van der Waals surface area contributed by atoms with Crippen molar-refractivity contribution in [2.45, 2.75) is 12.8 Å². The lowest BCUT2D eigenvalue weighted by Gasteiger charge is -2.03. The van der Waals surface area contributed by atoms with Crippen LogP contribution in [0.1, 0.15) is 12.8 Å². The van der Waals surface area contributed by atoms with Gasteiger partial charge in [0.15, 0.2) is 11.6 Å². The number of aliphatic hydroxyl groups excluding tert-OH is 1. The number of nitrogens with zero attached hydrogens (tertiary/aromatic N) is 1. The molecule has 1 fully saturated rings. The standard InChI is InChI=1S/C10H13NO3/c1-11(2)6-5-9(14)10-7(12)3-4-8(10)13/h5-6,14H,3-4H2,1-2H3/b6-5+. The van der Waals surface area contributed by atoms with Crippen LogP contribution in [0.3, 0.4) is 0 Å². The molecule has 0 aromatic heterocycles. The van der Waals surface area contributed by atoms with Crippen molar-refractivity contribution >= 4 is 11.6 Å². The number of carbonyl (C=O) groups is 2. The van der Waals surface area contributed by atoms with Crippen LogP contribution in [0.5, 0.6) is 0 Å². The van der Waals surface area contributed by atoms with Crippen molar-refractivity contribution < 1.29 is 14.7 Å². The average molecular weight is 195 g/mol. The molecule has 0 spiro atoms. The summed E-state index contributed by atoms with van der Waals surface area (Å²) in [6.07, 6.45) is 3.37. The minimum atomic E-state index is -0.268. The summed E-state index contributed by atoms with van der Waals surface area (Å²) in [5, 5.41) is 9.46. The summed E-state index contributed by atoms with van der Waals surface area (Å²) in [6, 6.07) is 0. The third-order valence-corrected chi connectivity index (χ3v) is 1.92. The van der Waals surface area contributed by atoms with E-state index in [-0.39, 0.29) is 35.7 Å². The van der Waals surface area contributed by atoms with Crippen molar-refractivity contribution in [2.24, 2.45) is 0 Å². The van der Waals surface area contributed by atoms with Gasteiger partial charge in [-0.15, -0.1) is 0 Å². The molecular formula is C10H13NO3. The predicted octanol–water partition coefficient (Wildman–Crippen LogP) is 0.806. The highest BCUT2D eigenvalue weighted by molar-refractivity contribution is 6.25. The maximum absolute atomic E-state index is 11.2. The molecule has 4 heteroatoms. The van der Waals surface area contributed by atoms with Gasteiger partial charge in [-0.05, 0) is 6.08 Å². The van der Waals surface area contributed by atoms with Gasteiger partial charge in [0.05, 0.1) is 0 Å². The summed E-state index contributed by atoms with van der Waals surface area (Å²) < 4.78 is 0. The molecule has 14 heavy (non-hydrogen) atoms. The number of hydrogen-bond acceptors (Lipinski definition) is 4. The second-order valence-corrected chi connectivity index (χ2v) is 3.39. The minimum absolute atomic E-state index is 0.0527. The van der Waals surface area contributed by atoms with Crippen molar-refractivity contribution in [3.05, 3.63) is 23.6 Å². The Labute approximate surface area is 82.5 Å². The van der Waals surface area contributed by atoms with E-state index in [1.165, 1.54) is 6.08 Å². The summed E-state index contributed by atoms with van der Waals surface area (Å²) in [5.41, 5.74) is -0.0527. The molecule has 1 N–H and O–H groups in total. The van der Waals surface area contributed by atoms with Gasteiger partial charge in [-0.2, -0.15) is 0 Å². The molecule has 4 nitrogen and oxygen atoms in total. The van der Waals surface area contributed by atoms with Crippen molar-refractivity contribution in [1.29, 1.82) is 0 Å². The third kappa shape index (κ3) is 2.22. The first-order chi connectivity index (χ1) is 6.52. The molecule has 76 valence electrons. The molecule has 0 atom stereocenters. The number of allylic oxidation sites excluding steroid dienone is 2. The van der Waals surface area contributed by atoms with Crippen LogP contribution in [0.2, 0.25) is 0 Å². The monoisotopic (exact) mass is 195 g/mol. The molecule has 0 amide bonds. The highest BCUT2D eigenvalue weighted by Crippen LogP contribution is 2.19. The van der Waals surface area contributed by atoms with Crippen molar-refractivity contribution in [3.63, 3.8) is 0 Å². The van der Waals surface area contributed by atoms with E-state index in [1.807, 2.05) is 0 Å². The second kappa shape index (κ2) is 4.09. The normalized spacial score (nSPS) is 16.9. The number of carbonyl (C=O) groups excluding carboxylic acids is 2. The summed E-state index contributed by atoms with van der Waals surface area (Å²) in [7, 11) is 3.57. The Kier molecular flexibility index (Phi) is 3.06. The zero-order chi connectivity index (χ0) is 10.7. The van der Waals surface area contributed by atoms with E-state index in [0.29, 0.717) is 0 Å². The zero-order valence-electron chi connectivity index (χ0n) is 8.28. The summed E-state index contributed by atoms with van der Waals surface area (Å²) in [4.78, 5) is 24.1. The van der Waals surface area contributed by atoms with Gasteiger partial charge >= 0.3 is 0 Å². The molecule has 0 saturated heterocycles. The van der Waals surface area contributed by atoms with E-state index < -0.39 is 0 Å². The maximum Gasteiger partial charge on any atom is 0.170 e. The van der Waals surface area contributed by atoms with Crippen LogP contribution >= 0.6 is 0 Å².